The van der Waals surface area contributed by atoms with E-state index in [2.05, 4.69) is 22.0 Å². The lowest BCUT2D eigenvalue weighted by Gasteiger charge is -2.07. The maximum atomic E-state index is 10.3. The molecule has 0 aliphatic carbocycles. The molecule has 0 aromatic heterocycles. The molecule has 0 fully saturated rings. The average Bonchev–Trinajstić information content (AvgIpc) is 2.61. The van der Waals surface area contributed by atoms with Gasteiger partial charge in [0.15, 0.2) is 0 Å². The highest BCUT2D eigenvalue weighted by molar-refractivity contribution is 9.10. The van der Waals surface area contributed by atoms with Crippen molar-refractivity contribution < 1.29 is 9.53 Å². The summed E-state index contributed by atoms with van der Waals surface area (Å²) in [5.74, 6) is 0.995. The van der Waals surface area contributed by atoms with E-state index in [0.717, 1.165) is 41.5 Å². The van der Waals surface area contributed by atoms with Crippen LogP contribution in [0.5, 0.6) is 5.75 Å². The minimum atomic E-state index is 0.562. The molecule has 1 heterocycles. The van der Waals surface area contributed by atoms with Crippen molar-refractivity contribution in [2.24, 2.45) is 0 Å². The third kappa shape index (κ3) is 1.82. The largest absolute Gasteiger partial charge is 0.493 e. The van der Waals surface area contributed by atoms with E-state index in [1.165, 1.54) is 5.56 Å². The molecule has 0 radical (unpaired) electrons. The summed E-state index contributed by atoms with van der Waals surface area (Å²) >= 11 is 3.46. The van der Waals surface area contributed by atoms with Gasteiger partial charge in [-0.15, -0.1) is 0 Å². The number of benzene rings is 1. The van der Waals surface area contributed by atoms with Crippen molar-refractivity contribution in [3.8, 4) is 5.75 Å². The quantitative estimate of drug-likeness (QED) is 0.776. The van der Waals surface area contributed by atoms with Crippen LogP contribution >= 0.6 is 15.9 Å². The molecule has 1 aromatic rings. The zero-order valence-corrected chi connectivity index (χ0v) is 9.34. The molecule has 0 unspecified atom stereocenters. The molecule has 14 heavy (non-hydrogen) atoms. The predicted molar refractivity (Wildman–Crippen MR) is 57.7 cm³/mol. The fourth-order valence-corrected chi connectivity index (χ4v) is 2.30. The van der Waals surface area contributed by atoms with Crippen LogP contribution in [-0.4, -0.2) is 12.9 Å². The van der Waals surface area contributed by atoms with E-state index in [1.807, 2.05) is 6.07 Å². The molecule has 1 aromatic carbocycles. The molecule has 0 atom stereocenters. The van der Waals surface area contributed by atoms with Gasteiger partial charge < -0.3 is 9.53 Å². The Hall–Kier alpha value is -0.830. The van der Waals surface area contributed by atoms with E-state index in [0.29, 0.717) is 6.42 Å². The second-order valence-corrected chi connectivity index (χ2v) is 4.27. The number of halogens is 1. The normalized spacial score (nSPS) is 13.5. The van der Waals surface area contributed by atoms with Crippen molar-refractivity contribution >= 4 is 22.2 Å². The molecule has 1 aliphatic heterocycles. The Morgan fingerprint density at radius 2 is 2.36 bits per heavy atom. The molecule has 3 heteroatoms. The van der Waals surface area contributed by atoms with Crippen LogP contribution in [0.3, 0.4) is 0 Å². The summed E-state index contributed by atoms with van der Waals surface area (Å²) in [6.07, 6.45) is 3.25. The van der Waals surface area contributed by atoms with E-state index in [-0.39, 0.29) is 0 Å². The lowest BCUT2D eigenvalue weighted by Crippen LogP contribution is -1.93. The summed E-state index contributed by atoms with van der Waals surface area (Å²) in [4.78, 5) is 10.3. The molecule has 0 saturated heterocycles. The van der Waals surface area contributed by atoms with Gasteiger partial charge in [-0.3, -0.25) is 0 Å². The van der Waals surface area contributed by atoms with Crippen LogP contribution in [0.4, 0.5) is 0 Å². The maximum Gasteiger partial charge on any atom is 0.125 e. The van der Waals surface area contributed by atoms with Crippen molar-refractivity contribution in [2.45, 2.75) is 19.3 Å². The zero-order chi connectivity index (χ0) is 9.97. The van der Waals surface area contributed by atoms with E-state index in [9.17, 15) is 4.79 Å². The van der Waals surface area contributed by atoms with Gasteiger partial charge >= 0.3 is 0 Å². The van der Waals surface area contributed by atoms with Gasteiger partial charge in [-0.05, 0) is 29.7 Å². The van der Waals surface area contributed by atoms with Gasteiger partial charge in [-0.2, -0.15) is 0 Å². The fourth-order valence-electron chi connectivity index (χ4n) is 1.75. The van der Waals surface area contributed by atoms with Crippen molar-refractivity contribution in [3.63, 3.8) is 0 Å². The third-order valence-electron chi connectivity index (χ3n) is 2.36. The molecule has 2 rings (SSSR count). The molecule has 0 N–H and O–H groups in total. The van der Waals surface area contributed by atoms with Crippen LogP contribution in [0.1, 0.15) is 17.5 Å². The second-order valence-electron chi connectivity index (χ2n) is 3.36. The summed E-state index contributed by atoms with van der Waals surface area (Å²) < 4.78 is 6.62. The van der Waals surface area contributed by atoms with Crippen LogP contribution < -0.4 is 4.74 Å². The first-order chi connectivity index (χ1) is 6.81. The topological polar surface area (TPSA) is 26.3 Å². The van der Waals surface area contributed by atoms with E-state index < -0.39 is 0 Å². The molecule has 0 saturated carbocycles. The highest BCUT2D eigenvalue weighted by atomic mass is 79.9. The van der Waals surface area contributed by atoms with Gasteiger partial charge in [-0.1, -0.05) is 15.9 Å². The van der Waals surface area contributed by atoms with Crippen molar-refractivity contribution in [1.29, 1.82) is 0 Å². The van der Waals surface area contributed by atoms with E-state index in [4.69, 9.17) is 4.74 Å². The van der Waals surface area contributed by atoms with Gasteiger partial charge in [0.1, 0.15) is 12.0 Å². The first kappa shape index (κ1) is 9.71. The monoisotopic (exact) mass is 254 g/mol. The first-order valence-corrected chi connectivity index (χ1v) is 5.48. The standard InChI is InChI=1S/C11H11BrO2/c12-10-6-8(2-1-4-13)11-9(7-10)3-5-14-11/h4,6-7H,1-3,5H2. The molecular formula is C11H11BrO2. The molecule has 1 aliphatic rings. The van der Waals surface area contributed by atoms with Gasteiger partial charge in [-0.25, -0.2) is 0 Å². The number of hydrogen-bond acceptors (Lipinski definition) is 2. The lowest BCUT2D eigenvalue weighted by molar-refractivity contribution is -0.107. The van der Waals surface area contributed by atoms with E-state index >= 15 is 0 Å². The van der Waals surface area contributed by atoms with E-state index in [1.54, 1.807) is 0 Å². The average molecular weight is 255 g/mol. The Morgan fingerprint density at radius 3 is 3.14 bits per heavy atom. The number of fused-ring (bicyclic) bond motifs is 1. The minimum absolute atomic E-state index is 0.562. The third-order valence-corrected chi connectivity index (χ3v) is 2.81. The molecular weight excluding hydrogens is 244 g/mol. The van der Waals surface area contributed by atoms with Crippen molar-refractivity contribution in [3.05, 3.63) is 27.7 Å². The van der Waals surface area contributed by atoms with Crippen LogP contribution in [0.2, 0.25) is 0 Å². The number of carbonyl (C=O) groups is 1. The van der Waals surface area contributed by atoms with Gasteiger partial charge in [0.05, 0.1) is 6.61 Å². The maximum absolute atomic E-state index is 10.3. The summed E-state index contributed by atoms with van der Waals surface area (Å²) in [7, 11) is 0. The Bertz CT molecular complexity index is 361. The highest BCUT2D eigenvalue weighted by Gasteiger charge is 2.16. The summed E-state index contributed by atoms with van der Waals surface area (Å²) in [5.41, 5.74) is 2.39. The Morgan fingerprint density at radius 1 is 1.50 bits per heavy atom. The predicted octanol–water partition coefficient (Wildman–Crippen LogP) is 2.52. The van der Waals surface area contributed by atoms with Gasteiger partial charge in [0.2, 0.25) is 0 Å². The summed E-state index contributed by atoms with van der Waals surface area (Å²) in [5, 5.41) is 0. The number of aryl methyl sites for hydroxylation is 1. The Kier molecular flexibility index (Phi) is 2.87. The number of hydrogen-bond donors (Lipinski definition) is 0. The van der Waals surface area contributed by atoms with Crippen LogP contribution in [0, 0.1) is 0 Å². The minimum Gasteiger partial charge on any atom is -0.493 e. The lowest BCUT2D eigenvalue weighted by atomic mass is 10.0. The first-order valence-electron chi connectivity index (χ1n) is 4.69. The van der Waals surface area contributed by atoms with Crippen LogP contribution in [-0.2, 0) is 17.6 Å². The molecule has 0 bridgehead atoms. The van der Waals surface area contributed by atoms with Gasteiger partial charge in [0, 0.05) is 17.3 Å². The Balaban J connectivity index is 2.33. The highest BCUT2D eigenvalue weighted by Crippen LogP contribution is 2.33. The molecule has 0 spiro atoms. The number of ether oxygens (including phenoxy) is 1. The van der Waals surface area contributed by atoms with Crippen molar-refractivity contribution in [1.82, 2.24) is 0 Å². The zero-order valence-electron chi connectivity index (χ0n) is 7.75. The van der Waals surface area contributed by atoms with Crippen LogP contribution in [0.15, 0.2) is 16.6 Å². The fraction of sp³-hybridized carbons (Fsp3) is 0.364. The smallest absolute Gasteiger partial charge is 0.125 e. The van der Waals surface area contributed by atoms with Gasteiger partial charge in [0.25, 0.3) is 0 Å². The Labute approximate surface area is 91.4 Å². The summed E-state index contributed by atoms with van der Waals surface area (Å²) in [6, 6.07) is 4.13. The van der Waals surface area contributed by atoms with Crippen LogP contribution in [0.25, 0.3) is 0 Å². The molecule has 2 nitrogen and oxygen atoms in total. The number of rotatable bonds is 3. The summed E-state index contributed by atoms with van der Waals surface area (Å²) in [6.45, 7) is 0.764. The molecule has 74 valence electrons. The SMILES string of the molecule is O=CCCc1cc(Br)cc2c1OCC2. The second kappa shape index (κ2) is 4.13. The number of aldehydes is 1. The number of carbonyl (C=O) groups excluding carboxylic acids is 1. The molecule has 0 amide bonds. The van der Waals surface area contributed by atoms with Crippen molar-refractivity contribution in [2.75, 3.05) is 6.61 Å².